The molecule has 1 heterocycles. The monoisotopic (exact) mass is 559 g/mol. The van der Waals surface area contributed by atoms with Crippen molar-refractivity contribution in [1.82, 2.24) is 10.5 Å². The number of nitrogens with zero attached hydrogens (tertiary/aromatic N) is 1. The Hall–Kier alpha value is -2.23. The first-order valence-corrected chi connectivity index (χ1v) is 13.7. The minimum absolute atomic E-state index is 0.113. The Morgan fingerprint density at radius 3 is 2.86 bits per heavy atom. The third kappa shape index (κ3) is 4.01. The number of allylic oxidation sites excluding steroid dienone is 2. The summed E-state index contributed by atoms with van der Waals surface area (Å²) in [4.78, 5) is 30.3. The van der Waals surface area contributed by atoms with Gasteiger partial charge < -0.3 is 10.4 Å². The highest BCUT2D eigenvalue weighted by Gasteiger charge is 2.58. The van der Waals surface area contributed by atoms with E-state index in [1.807, 2.05) is 13.0 Å². The number of rotatable bonds is 6. The Bertz CT molecular complexity index is 1210. The maximum absolute atomic E-state index is 12.7. The fourth-order valence-electron chi connectivity index (χ4n) is 7.16. The largest absolute Gasteiger partial charge is 0.507 e. The number of benzene rings is 1. The molecule has 1 aromatic heterocycles. The third-order valence-corrected chi connectivity index (χ3v) is 10.3. The van der Waals surface area contributed by atoms with Crippen molar-refractivity contribution in [3.8, 4) is 5.75 Å². The molecule has 5 rings (SSSR count). The Labute approximate surface area is 217 Å². The fourth-order valence-corrected chi connectivity index (χ4v) is 8.40. The van der Waals surface area contributed by atoms with E-state index in [1.54, 1.807) is 12.3 Å². The Morgan fingerprint density at radius 1 is 1.37 bits per heavy atom. The van der Waals surface area contributed by atoms with Gasteiger partial charge in [0.25, 0.3) is 0 Å². The van der Waals surface area contributed by atoms with Crippen molar-refractivity contribution in [2.24, 2.45) is 23.2 Å². The van der Waals surface area contributed by atoms with Gasteiger partial charge in [0, 0.05) is 28.5 Å². The number of fused-ring (bicyclic) bond motifs is 5. The van der Waals surface area contributed by atoms with Gasteiger partial charge in [-0.25, -0.2) is 4.98 Å². The number of nitrogens with one attached hydrogen (secondary N) is 2. The van der Waals surface area contributed by atoms with Crippen LogP contribution >= 0.6 is 27.3 Å². The van der Waals surface area contributed by atoms with Crippen LogP contribution in [0, 0.1) is 30.1 Å². The van der Waals surface area contributed by atoms with E-state index in [1.165, 1.54) is 22.5 Å². The zero-order valence-electron chi connectivity index (χ0n) is 19.8. The number of hydrogen-bond acceptors (Lipinski definition) is 7. The highest BCUT2D eigenvalue weighted by Crippen LogP contribution is 2.64. The number of aldehydes is 1. The average Bonchev–Trinajstić information content (AvgIpc) is 3.36. The van der Waals surface area contributed by atoms with Gasteiger partial charge in [-0.2, -0.15) is 0 Å². The first-order chi connectivity index (χ1) is 16.8. The number of aryl methyl sites for hydroxylation is 1. The quantitative estimate of drug-likeness (QED) is 0.276. The zero-order valence-corrected chi connectivity index (χ0v) is 22.2. The minimum atomic E-state index is -0.356. The summed E-state index contributed by atoms with van der Waals surface area (Å²) in [5.41, 5.74) is 5.69. The number of aromatic hydroxyl groups is 1. The van der Waals surface area contributed by atoms with Gasteiger partial charge in [-0.3, -0.25) is 20.3 Å². The molecule has 4 N–H and O–H groups in total. The number of carbonyl (C=O) groups excluding carboxylic acids is 2. The maximum atomic E-state index is 12.7. The van der Waals surface area contributed by atoms with Crippen LogP contribution in [0.1, 0.15) is 60.9 Å². The lowest BCUT2D eigenvalue weighted by Crippen LogP contribution is -2.45. The summed E-state index contributed by atoms with van der Waals surface area (Å²) in [6.07, 6.45) is 6.96. The second-order valence-corrected chi connectivity index (χ2v) is 12.3. The van der Waals surface area contributed by atoms with Crippen LogP contribution in [0.4, 0.5) is 5.13 Å². The normalized spacial score (nSPS) is 29.3. The number of thiazole rings is 1. The molecule has 0 aliphatic heterocycles. The predicted molar refractivity (Wildman–Crippen MR) is 137 cm³/mol. The van der Waals surface area contributed by atoms with Gasteiger partial charge in [0.05, 0.1) is 10.2 Å². The zero-order chi connectivity index (χ0) is 24.9. The second kappa shape index (κ2) is 9.33. The van der Waals surface area contributed by atoms with Crippen molar-refractivity contribution in [2.45, 2.75) is 58.3 Å². The van der Waals surface area contributed by atoms with E-state index >= 15 is 0 Å². The number of carbonyl (C=O) groups is 2. The molecule has 0 spiro atoms. The van der Waals surface area contributed by atoms with Crippen LogP contribution in [0.5, 0.6) is 5.75 Å². The molecule has 3 unspecified atom stereocenters. The molecule has 7 nitrogen and oxygen atoms in total. The molecule has 3 aliphatic rings. The fraction of sp³-hybridized carbons (Fsp3) is 0.500. The van der Waals surface area contributed by atoms with E-state index in [9.17, 15) is 19.9 Å². The summed E-state index contributed by atoms with van der Waals surface area (Å²) >= 11 is 5.01. The van der Waals surface area contributed by atoms with E-state index in [2.05, 4.69) is 38.6 Å². The van der Waals surface area contributed by atoms with E-state index in [0.29, 0.717) is 34.7 Å². The van der Waals surface area contributed by atoms with Gasteiger partial charge in [-0.15, -0.1) is 11.3 Å². The molecule has 0 saturated heterocycles. The highest BCUT2D eigenvalue weighted by molar-refractivity contribution is 9.10. The van der Waals surface area contributed by atoms with Crippen molar-refractivity contribution in [3.05, 3.63) is 50.1 Å². The molecule has 35 heavy (non-hydrogen) atoms. The van der Waals surface area contributed by atoms with Crippen molar-refractivity contribution < 1.29 is 19.9 Å². The van der Waals surface area contributed by atoms with Gasteiger partial charge in [-0.05, 0) is 95.8 Å². The highest BCUT2D eigenvalue weighted by atomic mass is 79.9. The standard InChI is InChI=1S/C26H30BrN3O4S/c1-13-11-28-25(35-13)29-21(33)8-6-17-19(12-31)24(30-34)26(2)10-9-15-14-5-7-20(32)23(27)18(14)4-3-16(15)22(17)26/h5,7,11-12,15-17,22,30,32,34H,3-4,6,8-10H2,1-2H3,(H,28,29,33)/t15?,16?,17-,22?,26+/m1/s1. The molecule has 1 fully saturated rings. The predicted octanol–water partition coefficient (Wildman–Crippen LogP) is 5.46. The number of phenols is 1. The van der Waals surface area contributed by atoms with Crippen molar-refractivity contribution in [3.63, 3.8) is 0 Å². The molecule has 0 radical (unpaired) electrons. The van der Waals surface area contributed by atoms with Crippen LogP contribution in [-0.4, -0.2) is 27.5 Å². The SMILES string of the molecule is Cc1cnc(NC(=O)CC[C@@H]2C(C=O)=C(NO)[C@@]3(C)CCC4c5ccc(O)c(Br)c5CCC4C23)s1. The van der Waals surface area contributed by atoms with Crippen molar-refractivity contribution in [2.75, 3.05) is 5.32 Å². The second-order valence-electron chi connectivity index (χ2n) is 10.3. The van der Waals surface area contributed by atoms with Crippen molar-refractivity contribution >= 4 is 44.6 Å². The number of halogens is 1. The van der Waals surface area contributed by atoms with Crippen LogP contribution < -0.4 is 10.8 Å². The number of aromatic nitrogens is 1. The van der Waals surface area contributed by atoms with Gasteiger partial charge in [0.2, 0.25) is 5.91 Å². The summed E-state index contributed by atoms with van der Waals surface area (Å²) in [7, 11) is 0. The van der Waals surface area contributed by atoms with Crippen LogP contribution in [-0.2, 0) is 16.0 Å². The molecule has 1 aromatic carbocycles. The van der Waals surface area contributed by atoms with E-state index in [4.69, 9.17) is 0 Å². The molecule has 1 saturated carbocycles. The Kier molecular flexibility index (Phi) is 6.52. The van der Waals surface area contributed by atoms with E-state index < -0.39 is 0 Å². The molecule has 3 aliphatic carbocycles. The molecular weight excluding hydrogens is 530 g/mol. The summed E-state index contributed by atoms with van der Waals surface area (Å²) in [6.45, 7) is 4.09. The third-order valence-electron chi connectivity index (χ3n) is 8.56. The number of phenolic OH excluding ortho intramolecular Hbond substituents is 1. The number of hydrogen-bond donors (Lipinski definition) is 4. The van der Waals surface area contributed by atoms with Gasteiger partial charge in [0.1, 0.15) is 12.0 Å². The number of amides is 1. The van der Waals surface area contributed by atoms with Gasteiger partial charge in [-0.1, -0.05) is 13.0 Å². The lowest BCUT2D eigenvalue weighted by atomic mass is 9.53. The molecule has 5 atom stereocenters. The van der Waals surface area contributed by atoms with Crippen LogP contribution in [0.25, 0.3) is 0 Å². The van der Waals surface area contributed by atoms with E-state index in [-0.39, 0.29) is 35.3 Å². The first-order valence-electron chi connectivity index (χ1n) is 12.1. The topological polar surface area (TPSA) is 112 Å². The number of anilines is 1. The average molecular weight is 561 g/mol. The molecule has 186 valence electrons. The Balaban J connectivity index is 1.44. The van der Waals surface area contributed by atoms with Crippen LogP contribution in [0.15, 0.2) is 34.1 Å². The summed E-state index contributed by atoms with van der Waals surface area (Å²) in [6, 6.07) is 3.80. The summed E-state index contributed by atoms with van der Waals surface area (Å²) in [5, 5.41) is 23.8. The first kappa shape index (κ1) is 24.5. The van der Waals surface area contributed by atoms with Crippen LogP contribution in [0.2, 0.25) is 0 Å². The van der Waals surface area contributed by atoms with Crippen LogP contribution in [0.3, 0.4) is 0 Å². The minimum Gasteiger partial charge on any atom is -0.507 e. The maximum Gasteiger partial charge on any atom is 0.226 e. The van der Waals surface area contributed by atoms with Crippen molar-refractivity contribution in [1.29, 1.82) is 0 Å². The number of hydroxylamine groups is 1. The van der Waals surface area contributed by atoms with E-state index in [0.717, 1.165) is 41.3 Å². The molecule has 9 heteroatoms. The molecule has 1 amide bonds. The molecule has 2 aromatic rings. The van der Waals surface area contributed by atoms with Gasteiger partial charge >= 0.3 is 0 Å². The summed E-state index contributed by atoms with van der Waals surface area (Å²) in [5.74, 6) is 0.789. The van der Waals surface area contributed by atoms with Gasteiger partial charge in [0.15, 0.2) is 5.13 Å². The Morgan fingerprint density at radius 2 is 2.17 bits per heavy atom. The smallest absolute Gasteiger partial charge is 0.226 e. The summed E-state index contributed by atoms with van der Waals surface area (Å²) < 4.78 is 0.781. The lowest BCUT2D eigenvalue weighted by molar-refractivity contribution is -0.116. The molecular formula is C26H30BrN3O4S. The molecule has 0 bridgehead atoms. The lowest BCUT2D eigenvalue weighted by Gasteiger charge is -2.51.